The Labute approximate surface area is 107 Å². The molecule has 1 aromatic carbocycles. The van der Waals surface area contributed by atoms with Gasteiger partial charge in [0.2, 0.25) is 0 Å². The van der Waals surface area contributed by atoms with Crippen molar-refractivity contribution in [3.05, 3.63) is 29.6 Å². The smallest absolute Gasteiger partial charge is 0.123 e. The predicted octanol–water partition coefficient (Wildman–Crippen LogP) is 2.09. The zero-order valence-electron chi connectivity index (χ0n) is 10.6. The first-order valence-electron chi connectivity index (χ1n) is 6.59. The molecule has 1 aliphatic rings. The van der Waals surface area contributed by atoms with Crippen LogP contribution in [0.2, 0.25) is 0 Å². The summed E-state index contributed by atoms with van der Waals surface area (Å²) in [6.07, 6.45) is 3.39. The maximum atomic E-state index is 13.1. The molecule has 0 aliphatic carbocycles. The van der Waals surface area contributed by atoms with Crippen LogP contribution in [0.5, 0.6) is 5.75 Å². The molecule has 3 nitrogen and oxygen atoms in total. The quantitative estimate of drug-likeness (QED) is 0.862. The number of likely N-dealkylation sites (tertiary alicyclic amines) is 1. The van der Waals surface area contributed by atoms with Crippen molar-refractivity contribution in [1.29, 1.82) is 0 Å². The molecule has 0 aromatic heterocycles. The Morgan fingerprint density at radius 2 is 2.06 bits per heavy atom. The lowest BCUT2D eigenvalue weighted by Crippen LogP contribution is -2.33. The molecule has 0 unspecified atom stereocenters. The number of benzene rings is 1. The number of halogens is 1. The van der Waals surface area contributed by atoms with Gasteiger partial charge in [0.05, 0.1) is 0 Å². The Morgan fingerprint density at radius 1 is 1.33 bits per heavy atom. The van der Waals surface area contributed by atoms with Gasteiger partial charge in [-0.15, -0.1) is 0 Å². The molecule has 1 saturated heterocycles. The lowest BCUT2D eigenvalue weighted by atomic mass is 9.93. The summed E-state index contributed by atoms with van der Waals surface area (Å²) in [4.78, 5) is 2.27. The summed E-state index contributed by atoms with van der Waals surface area (Å²) in [7, 11) is 0. The second kappa shape index (κ2) is 6.16. The van der Waals surface area contributed by atoms with Crippen LogP contribution in [0.4, 0.5) is 4.39 Å². The van der Waals surface area contributed by atoms with Gasteiger partial charge in [0.15, 0.2) is 0 Å². The second-order valence-electron chi connectivity index (χ2n) is 5.07. The maximum Gasteiger partial charge on any atom is 0.123 e. The van der Waals surface area contributed by atoms with Crippen molar-refractivity contribution in [3.8, 4) is 5.75 Å². The minimum atomic E-state index is -0.291. The van der Waals surface area contributed by atoms with Crippen LogP contribution in [-0.4, -0.2) is 29.6 Å². The fraction of sp³-hybridized carbons (Fsp3) is 0.571. The number of phenolic OH excluding ortho intramolecular Hbond substituents is 1. The van der Waals surface area contributed by atoms with Gasteiger partial charge in [0.1, 0.15) is 11.6 Å². The molecular formula is C14H21FN2O. The SMILES string of the molecule is NCCC1CCN(Cc2cc(F)ccc2O)CC1. The summed E-state index contributed by atoms with van der Waals surface area (Å²) in [5.74, 6) is 0.619. The van der Waals surface area contributed by atoms with Crippen LogP contribution < -0.4 is 5.73 Å². The van der Waals surface area contributed by atoms with Gasteiger partial charge in [-0.1, -0.05) is 0 Å². The van der Waals surface area contributed by atoms with Crippen LogP contribution in [-0.2, 0) is 6.54 Å². The number of aromatic hydroxyl groups is 1. The van der Waals surface area contributed by atoms with E-state index in [9.17, 15) is 9.50 Å². The second-order valence-corrected chi connectivity index (χ2v) is 5.07. The van der Waals surface area contributed by atoms with E-state index in [2.05, 4.69) is 4.90 Å². The van der Waals surface area contributed by atoms with E-state index in [1.807, 2.05) is 0 Å². The molecule has 0 bridgehead atoms. The molecule has 1 aromatic rings. The van der Waals surface area contributed by atoms with E-state index in [0.717, 1.165) is 44.8 Å². The van der Waals surface area contributed by atoms with E-state index < -0.39 is 0 Å². The summed E-state index contributed by atoms with van der Waals surface area (Å²) in [6.45, 7) is 3.38. The average Bonchev–Trinajstić information content (AvgIpc) is 2.37. The van der Waals surface area contributed by atoms with E-state index in [1.54, 1.807) is 0 Å². The van der Waals surface area contributed by atoms with Crippen LogP contribution in [0.1, 0.15) is 24.8 Å². The van der Waals surface area contributed by atoms with Crippen molar-refractivity contribution in [2.45, 2.75) is 25.8 Å². The lowest BCUT2D eigenvalue weighted by molar-refractivity contribution is 0.172. The van der Waals surface area contributed by atoms with Gasteiger partial charge in [-0.3, -0.25) is 4.90 Å². The van der Waals surface area contributed by atoms with Gasteiger partial charge in [0.25, 0.3) is 0 Å². The van der Waals surface area contributed by atoms with Gasteiger partial charge in [-0.25, -0.2) is 4.39 Å². The Morgan fingerprint density at radius 3 is 2.72 bits per heavy atom. The topological polar surface area (TPSA) is 49.5 Å². The third kappa shape index (κ3) is 3.43. The normalized spacial score (nSPS) is 18.1. The van der Waals surface area contributed by atoms with E-state index >= 15 is 0 Å². The van der Waals surface area contributed by atoms with Crippen LogP contribution in [0.3, 0.4) is 0 Å². The van der Waals surface area contributed by atoms with Crippen LogP contribution in [0, 0.1) is 11.7 Å². The molecule has 2 rings (SSSR count). The Balaban J connectivity index is 1.89. The van der Waals surface area contributed by atoms with Crippen molar-refractivity contribution < 1.29 is 9.50 Å². The molecule has 0 radical (unpaired) electrons. The zero-order chi connectivity index (χ0) is 13.0. The standard InChI is InChI=1S/C14H21FN2O/c15-13-1-2-14(18)12(9-13)10-17-7-4-11(3-6-16)5-8-17/h1-2,9,11,18H,3-8,10,16H2. The lowest BCUT2D eigenvalue weighted by Gasteiger charge is -2.31. The first-order valence-corrected chi connectivity index (χ1v) is 6.59. The van der Waals surface area contributed by atoms with Gasteiger partial charge < -0.3 is 10.8 Å². The number of nitrogens with zero attached hydrogens (tertiary/aromatic N) is 1. The van der Waals surface area contributed by atoms with E-state index in [1.165, 1.54) is 18.2 Å². The van der Waals surface area contributed by atoms with Crippen molar-refractivity contribution in [2.75, 3.05) is 19.6 Å². The highest BCUT2D eigenvalue weighted by Gasteiger charge is 2.19. The number of nitrogens with two attached hydrogens (primary N) is 1. The monoisotopic (exact) mass is 252 g/mol. The van der Waals surface area contributed by atoms with E-state index in [-0.39, 0.29) is 11.6 Å². The molecule has 0 saturated carbocycles. The van der Waals surface area contributed by atoms with Crippen molar-refractivity contribution in [1.82, 2.24) is 4.90 Å². The van der Waals surface area contributed by atoms with Crippen LogP contribution in [0.25, 0.3) is 0 Å². The van der Waals surface area contributed by atoms with E-state index in [0.29, 0.717) is 12.1 Å². The molecule has 1 heterocycles. The van der Waals surface area contributed by atoms with Gasteiger partial charge >= 0.3 is 0 Å². The Kier molecular flexibility index (Phi) is 4.55. The fourth-order valence-corrected chi connectivity index (χ4v) is 2.59. The molecule has 4 heteroatoms. The fourth-order valence-electron chi connectivity index (χ4n) is 2.59. The number of hydrogen-bond acceptors (Lipinski definition) is 3. The van der Waals surface area contributed by atoms with Crippen molar-refractivity contribution in [2.24, 2.45) is 11.7 Å². The molecule has 1 fully saturated rings. The molecule has 18 heavy (non-hydrogen) atoms. The molecule has 3 N–H and O–H groups in total. The summed E-state index contributed by atoms with van der Waals surface area (Å²) < 4.78 is 13.1. The molecule has 100 valence electrons. The highest BCUT2D eigenvalue weighted by molar-refractivity contribution is 5.32. The summed E-state index contributed by atoms with van der Waals surface area (Å²) >= 11 is 0. The average molecular weight is 252 g/mol. The molecule has 0 spiro atoms. The van der Waals surface area contributed by atoms with Crippen LogP contribution >= 0.6 is 0 Å². The third-order valence-electron chi connectivity index (χ3n) is 3.72. The highest BCUT2D eigenvalue weighted by Crippen LogP contribution is 2.24. The summed E-state index contributed by atoms with van der Waals surface area (Å²) in [6, 6.07) is 4.12. The number of phenols is 1. The summed E-state index contributed by atoms with van der Waals surface area (Å²) in [5, 5.41) is 9.69. The van der Waals surface area contributed by atoms with Gasteiger partial charge in [0, 0.05) is 12.1 Å². The van der Waals surface area contributed by atoms with Gasteiger partial charge in [-0.05, 0) is 63.0 Å². The number of rotatable bonds is 4. The number of hydrogen-bond donors (Lipinski definition) is 2. The molecule has 0 atom stereocenters. The minimum absolute atomic E-state index is 0.181. The molecule has 1 aliphatic heterocycles. The zero-order valence-corrected chi connectivity index (χ0v) is 10.6. The number of piperidine rings is 1. The van der Waals surface area contributed by atoms with E-state index in [4.69, 9.17) is 5.73 Å². The maximum absolute atomic E-state index is 13.1. The Hall–Kier alpha value is -1.13. The molecule has 0 amide bonds. The predicted molar refractivity (Wildman–Crippen MR) is 69.7 cm³/mol. The van der Waals surface area contributed by atoms with Gasteiger partial charge in [-0.2, -0.15) is 0 Å². The Bertz CT molecular complexity index is 389. The third-order valence-corrected chi connectivity index (χ3v) is 3.72. The molecular weight excluding hydrogens is 231 g/mol. The van der Waals surface area contributed by atoms with Crippen molar-refractivity contribution in [3.63, 3.8) is 0 Å². The van der Waals surface area contributed by atoms with Crippen LogP contribution in [0.15, 0.2) is 18.2 Å². The first kappa shape index (κ1) is 13.3. The minimum Gasteiger partial charge on any atom is -0.508 e. The van der Waals surface area contributed by atoms with Crippen molar-refractivity contribution >= 4 is 0 Å². The highest BCUT2D eigenvalue weighted by atomic mass is 19.1. The largest absolute Gasteiger partial charge is 0.508 e. The summed E-state index contributed by atoms with van der Waals surface area (Å²) in [5.41, 5.74) is 6.24. The first-order chi connectivity index (χ1) is 8.69.